The van der Waals surface area contributed by atoms with Gasteiger partial charge in [0.1, 0.15) is 28.1 Å². The smallest absolute Gasteiger partial charge is 0.384 e. The Morgan fingerprint density at radius 1 is 0.974 bits per heavy atom. The molecule has 2 N–H and O–H groups in total. The van der Waals surface area contributed by atoms with Gasteiger partial charge in [-0.25, -0.2) is 13.2 Å². The Morgan fingerprint density at radius 3 is 2.34 bits per heavy atom. The molecule has 38 heavy (non-hydrogen) atoms. The number of benzene rings is 3. The van der Waals surface area contributed by atoms with E-state index in [1.165, 1.54) is 41.5 Å². The summed E-state index contributed by atoms with van der Waals surface area (Å²) in [4.78, 5) is 25.4. The molecule has 0 radical (unpaired) electrons. The first-order valence-electron chi connectivity index (χ1n) is 11.7. The summed E-state index contributed by atoms with van der Waals surface area (Å²) in [6, 6.07) is 15.6. The van der Waals surface area contributed by atoms with Crippen molar-refractivity contribution in [2.24, 2.45) is 0 Å². The highest BCUT2D eigenvalue weighted by molar-refractivity contribution is 7.85. The number of anilines is 1. The number of carbonyl (C=O) groups is 2. The van der Waals surface area contributed by atoms with E-state index >= 15 is 0 Å². The third-order valence-electron chi connectivity index (χ3n) is 6.15. The van der Waals surface area contributed by atoms with E-state index in [2.05, 4.69) is 0 Å². The number of rotatable bonds is 7. The first kappa shape index (κ1) is 27.1. The zero-order valence-corrected chi connectivity index (χ0v) is 21.6. The van der Waals surface area contributed by atoms with Crippen LogP contribution in [0, 0.1) is 0 Å². The summed E-state index contributed by atoms with van der Waals surface area (Å²) in [5.74, 6) is -0.322. The lowest BCUT2D eigenvalue weighted by Crippen LogP contribution is -2.36. The fourth-order valence-corrected chi connectivity index (χ4v) is 5.21. The van der Waals surface area contributed by atoms with E-state index < -0.39 is 15.0 Å². The van der Waals surface area contributed by atoms with Crippen LogP contribution < -0.4 is 14.8 Å². The molecule has 0 spiro atoms. The van der Waals surface area contributed by atoms with Gasteiger partial charge in [0, 0.05) is 53.4 Å². The summed E-state index contributed by atoms with van der Waals surface area (Å²) >= 11 is 0. The number of aliphatic hydroxyl groups excluding tert-OH is 2. The van der Waals surface area contributed by atoms with Crippen LogP contribution in [0.1, 0.15) is 13.8 Å². The number of hydrogen-bond acceptors (Lipinski definition) is 8. The van der Waals surface area contributed by atoms with E-state index in [1.54, 1.807) is 42.5 Å². The van der Waals surface area contributed by atoms with Gasteiger partial charge in [0.2, 0.25) is 11.3 Å². The average molecular weight is 539 g/mol. The number of hydrogen-bond donors (Lipinski definition) is 2. The van der Waals surface area contributed by atoms with Crippen LogP contribution in [0.15, 0.2) is 70.0 Å². The Hall–Kier alpha value is -3.90. The molecule has 198 valence electrons. The summed E-state index contributed by atoms with van der Waals surface area (Å²) in [6.07, 6.45) is 0. The minimum atomic E-state index is -4.84. The van der Waals surface area contributed by atoms with Crippen molar-refractivity contribution < 1.29 is 37.2 Å². The number of carbonyl (C=O) groups excluding carboxylic acids is 2. The lowest BCUT2D eigenvalue weighted by atomic mass is 9.93. The SMILES string of the molecule is CC(=O)N(CCO)c1ccc2c(-c3ccccc3S(=O)(=O)[O-])c3ccc(=[N+](CCO)C(C)=O)cc-3oc2c1. The van der Waals surface area contributed by atoms with Gasteiger partial charge < -0.3 is 24.1 Å². The molecule has 0 fully saturated rings. The monoisotopic (exact) mass is 538 g/mol. The van der Waals surface area contributed by atoms with E-state index in [0.29, 0.717) is 27.6 Å². The average Bonchev–Trinajstić information content (AvgIpc) is 2.87. The molecule has 2 aliphatic rings. The summed E-state index contributed by atoms with van der Waals surface area (Å²) in [7, 11) is -4.84. The van der Waals surface area contributed by atoms with Gasteiger partial charge in [0.05, 0.1) is 24.5 Å². The highest BCUT2D eigenvalue weighted by Gasteiger charge is 2.23. The van der Waals surface area contributed by atoms with Crippen LogP contribution in [-0.2, 0) is 19.7 Å². The minimum absolute atomic E-state index is 0.0530. The van der Waals surface area contributed by atoms with E-state index in [9.17, 15) is 32.8 Å². The van der Waals surface area contributed by atoms with Crippen molar-refractivity contribution in [3.63, 3.8) is 0 Å². The van der Waals surface area contributed by atoms with Crippen molar-refractivity contribution in [2.75, 3.05) is 31.2 Å². The predicted molar refractivity (Wildman–Crippen MR) is 139 cm³/mol. The fourth-order valence-electron chi connectivity index (χ4n) is 4.52. The molecule has 4 rings (SSSR count). The van der Waals surface area contributed by atoms with Crippen molar-refractivity contribution in [3.8, 4) is 22.5 Å². The maximum Gasteiger partial charge on any atom is 0.384 e. The fraction of sp³-hybridized carbons (Fsp3) is 0.222. The summed E-state index contributed by atoms with van der Waals surface area (Å²) in [5, 5.41) is 19.8. The van der Waals surface area contributed by atoms with Gasteiger partial charge in [0.15, 0.2) is 6.54 Å². The molecule has 1 heterocycles. The number of nitrogens with zero attached hydrogens (tertiary/aromatic N) is 2. The molecule has 0 unspecified atom stereocenters. The molecule has 1 aliphatic heterocycles. The van der Waals surface area contributed by atoms with Gasteiger partial charge in [-0.05, 0) is 24.3 Å². The van der Waals surface area contributed by atoms with Crippen LogP contribution in [0.4, 0.5) is 5.69 Å². The highest BCUT2D eigenvalue weighted by atomic mass is 32.2. The topological polar surface area (TPSA) is 151 Å². The third kappa shape index (κ3) is 5.22. The van der Waals surface area contributed by atoms with Crippen molar-refractivity contribution in [1.29, 1.82) is 0 Å². The number of aliphatic hydroxyl groups is 2. The molecule has 0 aromatic heterocycles. The van der Waals surface area contributed by atoms with E-state index in [0.717, 1.165) is 0 Å². The maximum absolute atomic E-state index is 12.2. The zero-order valence-electron chi connectivity index (χ0n) is 20.7. The van der Waals surface area contributed by atoms with Crippen LogP contribution in [0.3, 0.4) is 0 Å². The minimum Gasteiger partial charge on any atom is -0.744 e. The second kappa shape index (κ2) is 10.8. The van der Waals surface area contributed by atoms with Crippen molar-refractivity contribution >= 4 is 38.6 Å². The maximum atomic E-state index is 12.2. The van der Waals surface area contributed by atoms with Crippen LogP contribution in [0.2, 0.25) is 0 Å². The van der Waals surface area contributed by atoms with Gasteiger partial charge in [0.25, 0.3) is 0 Å². The molecule has 2 amide bonds. The van der Waals surface area contributed by atoms with E-state index in [1.807, 2.05) is 0 Å². The molecular weight excluding hydrogens is 512 g/mol. The Bertz CT molecular complexity index is 1690. The standard InChI is InChI=1S/C27H26N2O8S/c1-17(32)28(11-13-30)19-7-9-21-24(15-19)37-25-16-20(29(12-14-31)18(2)33)8-10-22(25)27(21)23-5-3-4-6-26(23)38(34,35)36/h3-10,15-16,30-31H,11-14H2,1-2H3. The molecule has 0 saturated carbocycles. The molecule has 2 aromatic rings. The lowest BCUT2D eigenvalue weighted by molar-refractivity contribution is -0.121. The third-order valence-corrected chi connectivity index (χ3v) is 7.04. The van der Waals surface area contributed by atoms with Gasteiger partial charge in [-0.1, -0.05) is 18.2 Å². The first-order chi connectivity index (χ1) is 18.1. The Labute approximate surface area is 218 Å². The van der Waals surface area contributed by atoms with E-state index in [4.69, 9.17) is 4.42 Å². The van der Waals surface area contributed by atoms with Gasteiger partial charge in [-0.2, -0.15) is 4.58 Å². The summed E-state index contributed by atoms with van der Waals surface area (Å²) in [6.45, 7) is 2.31. The van der Waals surface area contributed by atoms with Crippen molar-refractivity contribution in [3.05, 3.63) is 66.0 Å². The molecule has 0 saturated heterocycles. The summed E-state index contributed by atoms with van der Waals surface area (Å²) < 4.78 is 44.1. The van der Waals surface area contributed by atoms with Gasteiger partial charge in [-0.15, -0.1) is 0 Å². The molecule has 11 heteroatoms. The molecule has 1 aliphatic carbocycles. The lowest BCUT2D eigenvalue weighted by Gasteiger charge is -2.22. The van der Waals surface area contributed by atoms with Crippen LogP contribution in [-0.4, -0.2) is 61.3 Å². The first-order valence-corrected chi connectivity index (χ1v) is 13.1. The normalized spacial score (nSPS) is 12.6. The van der Waals surface area contributed by atoms with E-state index in [-0.39, 0.29) is 55.0 Å². The highest BCUT2D eigenvalue weighted by Crippen LogP contribution is 2.42. The van der Waals surface area contributed by atoms with Gasteiger partial charge >= 0.3 is 5.91 Å². The molecule has 0 atom stereocenters. The second-order valence-electron chi connectivity index (χ2n) is 8.58. The molecule has 10 nitrogen and oxygen atoms in total. The van der Waals surface area contributed by atoms with Crippen LogP contribution in [0.25, 0.3) is 33.4 Å². The Kier molecular flexibility index (Phi) is 7.74. The number of fused-ring (bicyclic) bond motifs is 2. The molecule has 0 bridgehead atoms. The van der Waals surface area contributed by atoms with Crippen molar-refractivity contribution in [1.82, 2.24) is 4.58 Å². The Balaban J connectivity index is 2.16. The summed E-state index contributed by atoms with van der Waals surface area (Å²) in [5.41, 5.74) is 1.80. The van der Waals surface area contributed by atoms with Crippen molar-refractivity contribution in [2.45, 2.75) is 18.7 Å². The zero-order chi connectivity index (χ0) is 27.6. The predicted octanol–water partition coefficient (Wildman–Crippen LogP) is 1.76. The number of amides is 2. The van der Waals surface area contributed by atoms with Gasteiger partial charge in [-0.3, -0.25) is 4.79 Å². The Morgan fingerprint density at radius 2 is 1.71 bits per heavy atom. The largest absolute Gasteiger partial charge is 0.744 e. The quantitative estimate of drug-likeness (QED) is 0.205. The molecular formula is C27H26N2O8S. The molecule has 2 aromatic carbocycles. The second-order valence-corrected chi connectivity index (χ2v) is 9.92. The van der Waals surface area contributed by atoms with Crippen LogP contribution in [0.5, 0.6) is 0 Å². The van der Waals surface area contributed by atoms with Crippen LogP contribution >= 0.6 is 0 Å².